The van der Waals surface area contributed by atoms with Crippen molar-refractivity contribution in [3.05, 3.63) is 34.4 Å². The van der Waals surface area contributed by atoms with Gasteiger partial charge in [0.25, 0.3) is 0 Å². The third-order valence-corrected chi connectivity index (χ3v) is 3.46. The Morgan fingerprint density at radius 1 is 1.40 bits per heavy atom. The number of ketones is 1. The van der Waals surface area contributed by atoms with Crippen LogP contribution < -0.4 is 0 Å². The van der Waals surface area contributed by atoms with Crippen LogP contribution in [-0.4, -0.2) is 25.3 Å². The Morgan fingerprint density at radius 2 is 2.10 bits per heavy atom. The second-order valence-electron chi connectivity index (χ2n) is 4.90. The number of aromatic nitrogens is 4. The van der Waals surface area contributed by atoms with Crippen molar-refractivity contribution in [1.82, 2.24) is 19.6 Å². The van der Waals surface area contributed by atoms with Crippen LogP contribution in [0.25, 0.3) is 0 Å². The standard InChI is InChI=1S/C14H19ClN4O/c1-5-10-7-12(18(6-2)17-10)14(20)13-11(15)8-16-19(13)9(3)4/h7-9H,5-6H2,1-4H3. The van der Waals surface area contributed by atoms with E-state index in [0.717, 1.165) is 12.1 Å². The van der Waals surface area contributed by atoms with Gasteiger partial charge in [0.1, 0.15) is 11.4 Å². The Morgan fingerprint density at radius 3 is 2.65 bits per heavy atom. The lowest BCUT2D eigenvalue weighted by atomic mass is 10.2. The second-order valence-corrected chi connectivity index (χ2v) is 5.31. The number of aryl methyl sites for hydroxylation is 2. The first-order valence-corrected chi connectivity index (χ1v) is 7.21. The summed E-state index contributed by atoms with van der Waals surface area (Å²) in [5, 5.41) is 8.96. The van der Waals surface area contributed by atoms with Crippen molar-refractivity contribution < 1.29 is 4.79 Å². The smallest absolute Gasteiger partial charge is 0.230 e. The summed E-state index contributed by atoms with van der Waals surface area (Å²) in [7, 11) is 0. The molecule has 0 N–H and O–H groups in total. The molecule has 0 aliphatic heterocycles. The average Bonchev–Trinajstić information content (AvgIpc) is 3.01. The van der Waals surface area contributed by atoms with Crippen molar-refractivity contribution in [3.8, 4) is 0 Å². The van der Waals surface area contributed by atoms with Gasteiger partial charge in [0, 0.05) is 12.6 Å². The summed E-state index contributed by atoms with van der Waals surface area (Å²) in [6, 6.07) is 1.91. The van der Waals surface area contributed by atoms with Gasteiger partial charge in [-0.2, -0.15) is 10.2 Å². The Kier molecular flexibility index (Phi) is 4.28. The molecule has 108 valence electrons. The van der Waals surface area contributed by atoms with Crippen LogP contribution in [0.2, 0.25) is 5.02 Å². The molecule has 0 aromatic carbocycles. The third-order valence-electron chi connectivity index (χ3n) is 3.18. The number of nitrogens with zero attached hydrogens (tertiary/aromatic N) is 4. The monoisotopic (exact) mass is 294 g/mol. The van der Waals surface area contributed by atoms with Crippen LogP contribution in [0.5, 0.6) is 0 Å². The lowest BCUT2D eigenvalue weighted by molar-refractivity contribution is 0.101. The van der Waals surface area contributed by atoms with Gasteiger partial charge >= 0.3 is 0 Å². The fraction of sp³-hybridized carbons (Fsp3) is 0.500. The van der Waals surface area contributed by atoms with Crippen LogP contribution in [0.15, 0.2) is 12.3 Å². The van der Waals surface area contributed by atoms with Crippen molar-refractivity contribution >= 4 is 17.4 Å². The highest BCUT2D eigenvalue weighted by Gasteiger charge is 2.24. The molecule has 0 atom stereocenters. The van der Waals surface area contributed by atoms with Crippen LogP contribution >= 0.6 is 11.6 Å². The SMILES string of the molecule is CCc1cc(C(=O)c2c(Cl)cnn2C(C)C)n(CC)n1. The van der Waals surface area contributed by atoms with Crippen LogP contribution in [0.1, 0.15) is 55.6 Å². The molecule has 2 aromatic heterocycles. The van der Waals surface area contributed by atoms with E-state index in [4.69, 9.17) is 11.6 Å². The van der Waals surface area contributed by atoms with Gasteiger partial charge in [-0.05, 0) is 33.3 Å². The highest BCUT2D eigenvalue weighted by Crippen LogP contribution is 2.22. The molecule has 0 fully saturated rings. The molecule has 0 saturated heterocycles. The number of carbonyl (C=O) groups excluding carboxylic acids is 1. The zero-order valence-electron chi connectivity index (χ0n) is 12.2. The van der Waals surface area contributed by atoms with E-state index < -0.39 is 0 Å². The maximum atomic E-state index is 12.8. The predicted octanol–water partition coefficient (Wildman–Crippen LogP) is 3.13. The molecule has 20 heavy (non-hydrogen) atoms. The third kappa shape index (κ3) is 2.50. The zero-order chi connectivity index (χ0) is 14.9. The minimum atomic E-state index is -0.129. The summed E-state index contributed by atoms with van der Waals surface area (Å²) >= 11 is 6.14. The largest absolute Gasteiger partial charge is 0.285 e. The van der Waals surface area contributed by atoms with Crippen molar-refractivity contribution in [2.45, 2.75) is 46.7 Å². The lowest BCUT2D eigenvalue weighted by Gasteiger charge is -2.11. The average molecular weight is 295 g/mol. The molecular formula is C14H19ClN4O. The molecule has 5 nitrogen and oxygen atoms in total. The molecular weight excluding hydrogens is 276 g/mol. The number of rotatable bonds is 5. The fourth-order valence-corrected chi connectivity index (χ4v) is 2.35. The van der Waals surface area contributed by atoms with E-state index in [1.165, 1.54) is 6.20 Å². The highest BCUT2D eigenvalue weighted by atomic mass is 35.5. The molecule has 0 amide bonds. The molecule has 0 aliphatic rings. The van der Waals surface area contributed by atoms with E-state index >= 15 is 0 Å². The van der Waals surface area contributed by atoms with Gasteiger partial charge in [0.15, 0.2) is 0 Å². The van der Waals surface area contributed by atoms with Crippen LogP contribution in [0.3, 0.4) is 0 Å². The molecule has 0 bridgehead atoms. The van der Waals surface area contributed by atoms with E-state index in [0.29, 0.717) is 23.0 Å². The summed E-state index contributed by atoms with van der Waals surface area (Å²) in [5.74, 6) is -0.129. The van der Waals surface area contributed by atoms with Gasteiger partial charge < -0.3 is 0 Å². The molecule has 0 aliphatic carbocycles. The number of hydrogen-bond acceptors (Lipinski definition) is 3. The molecule has 0 radical (unpaired) electrons. The molecule has 0 spiro atoms. The van der Waals surface area contributed by atoms with Gasteiger partial charge in [-0.25, -0.2) is 0 Å². The molecule has 0 unspecified atom stereocenters. The summed E-state index contributed by atoms with van der Waals surface area (Å²) in [5.41, 5.74) is 1.90. The maximum Gasteiger partial charge on any atom is 0.230 e. The van der Waals surface area contributed by atoms with Gasteiger partial charge in [-0.15, -0.1) is 0 Å². The lowest BCUT2D eigenvalue weighted by Crippen LogP contribution is -2.17. The summed E-state index contributed by atoms with van der Waals surface area (Å²) < 4.78 is 3.37. The van der Waals surface area contributed by atoms with E-state index in [1.54, 1.807) is 9.36 Å². The second kappa shape index (κ2) is 5.79. The van der Waals surface area contributed by atoms with E-state index in [9.17, 15) is 4.79 Å². The van der Waals surface area contributed by atoms with Crippen LogP contribution in [0.4, 0.5) is 0 Å². The Labute approximate surface area is 123 Å². The molecule has 6 heteroatoms. The van der Waals surface area contributed by atoms with Crippen LogP contribution in [-0.2, 0) is 13.0 Å². The summed E-state index contributed by atoms with van der Waals surface area (Å²) in [6.07, 6.45) is 2.31. The maximum absolute atomic E-state index is 12.8. The topological polar surface area (TPSA) is 52.7 Å². The molecule has 0 saturated carbocycles. The Hall–Kier alpha value is -1.62. The Bertz CT molecular complexity index is 627. The van der Waals surface area contributed by atoms with Crippen molar-refractivity contribution in [2.24, 2.45) is 0 Å². The predicted molar refractivity (Wildman–Crippen MR) is 78.3 cm³/mol. The quantitative estimate of drug-likeness (QED) is 0.796. The van der Waals surface area contributed by atoms with E-state index in [1.807, 2.05) is 33.8 Å². The van der Waals surface area contributed by atoms with Gasteiger partial charge in [0.05, 0.1) is 16.9 Å². The normalized spacial score (nSPS) is 11.3. The minimum absolute atomic E-state index is 0.0742. The van der Waals surface area contributed by atoms with Gasteiger partial charge in [-0.3, -0.25) is 14.2 Å². The van der Waals surface area contributed by atoms with Gasteiger partial charge in [-0.1, -0.05) is 18.5 Å². The van der Waals surface area contributed by atoms with Crippen molar-refractivity contribution in [3.63, 3.8) is 0 Å². The van der Waals surface area contributed by atoms with Gasteiger partial charge in [0.2, 0.25) is 5.78 Å². The van der Waals surface area contributed by atoms with Crippen LogP contribution in [0, 0.1) is 0 Å². The number of hydrogen-bond donors (Lipinski definition) is 0. The first-order valence-electron chi connectivity index (χ1n) is 6.84. The Balaban J connectivity index is 2.51. The summed E-state index contributed by atoms with van der Waals surface area (Å²) in [6.45, 7) is 8.56. The minimum Gasteiger partial charge on any atom is -0.285 e. The van der Waals surface area contributed by atoms with E-state index in [-0.39, 0.29) is 11.8 Å². The fourth-order valence-electron chi connectivity index (χ4n) is 2.13. The molecule has 2 heterocycles. The molecule has 2 aromatic rings. The molecule has 2 rings (SSSR count). The first-order chi connectivity index (χ1) is 9.49. The highest BCUT2D eigenvalue weighted by molar-refractivity contribution is 6.34. The first kappa shape index (κ1) is 14.8. The van der Waals surface area contributed by atoms with E-state index in [2.05, 4.69) is 10.2 Å². The van der Waals surface area contributed by atoms with Crippen molar-refractivity contribution in [1.29, 1.82) is 0 Å². The summed E-state index contributed by atoms with van der Waals surface area (Å²) in [4.78, 5) is 12.8. The number of halogens is 1. The number of carbonyl (C=O) groups is 1. The zero-order valence-corrected chi connectivity index (χ0v) is 13.0. The van der Waals surface area contributed by atoms with Crippen molar-refractivity contribution in [2.75, 3.05) is 0 Å².